The zero-order valence-corrected chi connectivity index (χ0v) is 33.2. The molecule has 4 saturated heterocycles. The van der Waals surface area contributed by atoms with Gasteiger partial charge in [-0.3, -0.25) is 28.8 Å². The lowest BCUT2D eigenvalue weighted by molar-refractivity contribution is -0.961. The highest BCUT2D eigenvalue weighted by atomic mass is 16.6. The number of hydrogen-bond donors (Lipinski definition) is 0. The van der Waals surface area contributed by atoms with E-state index in [1.54, 1.807) is 24.3 Å². The van der Waals surface area contributed by atoms with E-state index in [2.05, 4.69) is 14.1 Å². The van der Waals surface area contributed by atoms with E-state index in [4.69, 9.17) is 28.4 Å². The predicted molar refractivity (Wildman–Crippen MR) is 199 cm³/mol. The van der Waals surface area contributed by atoms with Gasteiger partial charge in [0.05, 0.1) is 51.1 Å². The van der Waals surface area contributed by atoms with Crippen molar-refractivity contribution in [2.45, 2.75) is 141 Å². The van der Waals surface area contributed by atoms with Gasteiger partial charge in [-0.15, -0.1) is 0 Å². The third-order valence-electron chi connectivity index (χ3n) is 12.3. The maximum absolute atomic E-state index is 13.0. The minimum atomic E-state index is -0.506. The van der Waals surface area contributed by atoms with Gasteiger partial charge in [0.2, 0.25) is 0 Å². The highest BCUT2D eigenvalue weighted by molar-refractivity contribution is 5.78. The largest absolute Gasteiger partial charge is 0.462 e. The number of carbonyl (C=O) groups excluding carboxylic acids is 6. The molecule has 0 N–H and O–H groups in total. The van der Waals surface area contributed by atoms with Crippen LogP contribution in [0.25, 0.3) is 0 Å². The maximum Gasteiger partial charge on any atom is 0.308 e. The van der Waals surface area contributed by atoms with E-state index in [0.717, 1.165) is 71.5 Å². The average Bonchev–Trinajstić information content (AvgIpc) is 3.33. The molecule has 4 unspecified atom stereocenters. The lowest BCUT2D eigenvalue weighted by Gasteiger charge is -2.47. The summed E-state index contributed by atoms with van der Waals surface area (Å²) in [5, 5.41) is 0. The van der Waals surface area contributed by atoms with Gasteiger partial charge >= 0.3 is 35.8 Å². The number of nitrogens with zero attached hydrogens (tertiary/aromatic N) is 2. The quantitative estimate of drug-likeness (QED) is 0.148. The second-order valence-electron chi connectivity index (χ2n) is 16.4. The van der Waals surface area contributed by atoms with E-state index < -0.39 is 35.8 Å². The molecular formula is C42H54N2O12+2. The minimum absolute atomic E-state index is 0.0360. The molecule has 0 aromatic heterocycles. The molecule has 14 heteroatoms. The summed E-state index contributed by atoms with van der Waals surface area (Å²) < 4.78 is 34.6. The average molecular weight is 779 g/mol. The first-order valence-corrected chi connectivity index (χ1v) is 19.6. The van der Waals surface area contributed by atoms with Crippen LogP contribution in [0.15, 0.2) is 36.4 Å². The topological polar surface area (TPSA) is 158 Å². The number of ether oxygens (including phenoxy) is 6. The van der Waals surface area contributed by atoms with Gasteiger partial charge in [0, 0.05) is 90.2 Å². The monoisotopic (exact) mass is 778 g/mol. The smallest absolute Gasteiger partial charge is 0.308 e. The molecule has 4 aliphatic rings. The molecule has 4 fully saturated rings. The molecule has 4 heterocycles. The van der Waals surface area contributed by atoms with E-state index in [-0.39, 0.29) is 72.2 Å². The second-order valence-corrected chi connectivity index (χ2v) is 16.4. The van der Waals surface area contributed by atoms with Crippen LogP contribution in [0.2, 0.25) is 0 Å². The fraction of sp³-hybridized carbons (Fsp3) is 0.571. The normalized spacial score (nSPS) is 28.8. The molecule has 0 radical (unpaired) electrons. The zero-order chi connectivity index (χ0) is 40.4. The summed E-state index contributed by atoms with van der Waals surface area (Å²) in [6, 6.07) is 11.6. The highest BCUT2D eigenvalue weighted by Crippen LogP contribution is 2.46. The molecule has 56 heavy (non-hydrogen) atoms. The SMILES string of the molecule is CC(=O)Oc1ccc(C[N+]2(C)[C@@H]3CC[C@H]2CC(OC(=O)CCC(=O)OC2C[C@H]4CC[C@@H](C2)[N+]4(C)Cc2ccc(OC(C)=O)c(OC(C)=O)c2)C3)cc1OC(C)=O. The van der Waals surface area contributed by atoms with Gasteiger partial charge in [0.15, 0.2) is 23.0 Å². The number of piperidine rings is 2. The Hall–Kier alpha value is -4.82. The number of fused-ring (bicyclic) bond motifs is 4. The maximum atomic E-state index is 13.0. The van der Waals surface area contributed by atoms with Gasteiger partial charge < -0.3 is 37.4 Å². The molecule has 4 bridgehead atoms. The second kappa shape index (κ2) is 16.7. The van der Waals surface area contributed by atoms with Gasteiger partial charge in [-0.05, 0) is 36.4 Å². The van der Waals surface area contributed by atoms with Gasteiger partial charge in [-0.25, -0.2) is 0 Å². The molecule has 0 saturated carbocycles. The molecule has 8 atom stereocenters. The molecule has 302 valence electrons. The Labute approximate surface area is 327 Å². The van der Waals surface area contributed by atoms with Crippen LogP contribution in [0.5, 0.6) is 23.0 Å². The number of esters is 6. The van der Waals surface area contributed by atoms with Crippen molar-refractivity contribution < 1.29 is 66.2 Å². The van der Waals surface area contributed by atoms with Crippen LogP contribution in [0.1, 0.15) is 103 Å². The molecule has 4 aliphatic heterocycles. The van der Waals surface area contributed by atoms with Crippen molar-refractivity contribution in [2.24, 2.45) is 0 Å². The van der Waals surface area contributed by atoms with Crippen molar-refractivity contribution in [1.29, 1.82) is 0 Å². The molecule has 0 amide bonds. The molecule has 14 nitrogen and oxygen atoms in total. The number of quaternary nitrogens is 2. The summed E-state index contributed by atoms with van der Waals surface area (Å²) in [6.45, 7) is 6.54. The minimum Gasteiger partial charge on any atom is -0.462 e. The van der Waals surface area contributed by atoms with Gasteiger partial charge in [-0.2, -0.15) is 0 Å². The summed E-state index contributed by atoms with van der Waals surface area (Å²) >= 11 is 0. The van der Waals surface area contributed by atoms with Gasteiger partial charge in [-0.1, -0.05) is 0 Å². The van der Waals surface area contributed by atoms with Crippen LogP contribution in [-0.2, 0) is 51.3 Å². The van der Waals surface area contributed by atoms with E-state index in [1.807, 2.05) is 12.1 Å². The Morgan fingerprint density at radius 3 is 1.11 bits per heavy atom. The van der Waals surface area contributed by atoms with E-state index in [9.17, 15) is 28.8 Å². The Kier molecular flexibility index (Phi) is 12.2. The first-order valence-electron chi connectivity index (χ1n) is 19.6. The molecule has 6 rings (SSSR count). The van der Waals surface area contributed by atoms with Crippen molar-refractivity contribution >= 4 is 35.8 Å². The molecule has 2 aromatic carbocycles. The first kappa shape index (κ1) is 40.8. The fourth-order valence-electron chi connectivity index (χ4n) is 9.83. The number of benzene rings is 2. The van der Waals surface area contributed by atoms with Crippen LogP contribution in [0, 0.1) is 0 Å². The standard InChI is InChI=1S/C42H54N2O12/c1-25(45)51-37-13-7-29(17-39(37)53-27(3)47)23-43(5)31-9-10-32(43)20-35(19-31)55-41(49)15-16-42(50)56-36-21-33-11-12-34(22-36)44(33,6)24-30-8-14-38(52-26(2)46)40(18-30)54-28(4)48/h7-8,13-14,17-18,31-36H,9-12,15-16,19-24H2,1-6H3/q+2/t31-,32+,33-,34+,35?,36?,43?,44?. The molecule has 0 aliphatic carbocycles. The van der Waals surface area contributed by atoms with Crippen LogP contribution < -0.4 is 18.9 Å². The van der Waals surface area contributed by atoms with Crippen LogP contribution in [0.3, 0.4) is 0 Å². The molecule has 2 aromatic rings. The van der Waals surface area contributed by atoms with Crippen LogP contribution in [0.4, 0.5) is 0 Å². The van der Waals surface area contributed by atoms with Crippen LogP contribution >= 0.6 is 0 Å². The zero-order valence-electron chi connectivity index (χ0n) is 33.2. The molecule has 0 spiro atoms. The Bertz CT molecular complexity index is 1710. The summed E-state index contributed by atoms with van der Waals surface area (Å²) in [5.74, 6) is -2.00. The summed E-state index contributed by atoms with van der Waals surface area (Å²) in [7, 11) is 4.43. The third kappa shape index (κ3) is 9.40. The lowest BCUT2D eigenvalue weighted by Crippen LogP contribution is -2.58. The van der Waals surface area contributed by atoms with Crippen molar-refractivity contribution in [2.75, 3.05) is 14.1 Å². The van der Waals surface area contributed by atoms with E-state index in [1.165, 1.54) is 27.7 Å². The number of carbonyl (C=O) groups is 6. The number of hydrogen-bond acceptors (Lipinski definition) is 12. The van der Waals surface area contributed by atoms with Gasteiger partial charge in [0.25, 0.3) is 0 Å². The van der Waals surface area contributed by atoms with Crippen molar-refractivity contribution in [3.8, 4) is 23.0 Å². The number of rotatable bonds is 13. The Balaban J connectivity index is 0.972. The third-order valence-corrected chi connectivity index (χ3v) is 12.3. The Morgan fingerprint density at radius 2 is 0.804 bits per heavy atom. The summed E-state index contributed by atoms with van der Waals surface area (Å²) in [5.41, 5.74) is 1.89. The molecular weight excluding hydrogens is 724 g/mol. The first-order chi connectivity index (χ1) is 26.5. The van der Waals surface area contributed by atoms with Crippen molar-refractivity contribution in [1.82, 2.24) is 0 Å². The Morgan fingerprint density at radius 1 is 0.500 bits per heavy atom. The van der Waals surface area contributed by atoms with E-state index in [0.29, 0.717) is 13.1 Å². The van der Waals surface area contributed by atoms with Gasteiger partial charge in [0.1, 0.15) is 25.3 Å². The van der Waals surface area contributed by atoms with E-state index >= 15 is 0 Å². The summed E-state index contributed by atoms with van der Waals surface area (Å²) in [6.07, 6.45) is 6.36. The lowest BCUT2D eigenvalue weighted by atomic mass is 9.95. The van der Waals surface area contributed by atoms with Crippen molar-refractivity contribution in [3.05, 3.63) is 47.5 Å². The van der Waals surface area contributed by atoms with Crippen LogP contribution in [-0.4, -0.2) is 95.3 Å². The highest BCUT2D eigenvalue weighted by Gasteiger charge is 2.53. The predicted octanol–water partition coefficient (Wildman–Crippen LogP) is 5.23. The summed E-state index contributed by atoms with van der Waals surface area (Å²) in [4.78, 5) is 72.6. The van der Waals surface area contributed by atoms with Crippen molar-refractivity contribution in [3.63, 3.8) is 0 Å². The fourth-order valence-corrected chi connectivity index (χ4v) is 9.83.